The van der Waals surface area contributed by atoms with Gasteiger partial charge in [0.2, 0.25) is 0 Å². The summed E-state index contributed by atoms with van der Waals surface area (Å²) in [5, 5.41) is 0.625. The minimum Gasteiger partial charge on any atom is -0.320 e. The van der Waals surface area contributed by atoms with E-state index in [2.05, 4.69) is 49.6 Å². The number of hydrogen-bond donors (Lipinski definition) is 0. The van der Waals surface area contributed by atoms with Crippen molar-refractivity contribution in [3.63, 3.8) is 0 Å². The van der Waals surface area contributed by atoms with Crippen LogP contribution in [-0.2, 0) is 13.0 Å². The molecule has 0 bridgehead atoms. The van der Waals surface area contributed by atoms with Crippen LogP contribution < -0.4 is 0 Å². The molecule has 4 aromatic rings. The van der Waals surface area contributed by atoms with Crippen LogP contribution in [-0.4, -0.2) is 15.3 Å². The molecule has 4 rings (SSSR count). The average molecular weight is 431 g/mol. The van der Waals surface area contributed by atoms with Crippen LogP contribution in [0.25, 0.3) is 11.0 Å². The summed E-state index contributed by atoms with van der Waals surface area (Å²) >= 11 is 5.98. The van der Waals surface area contributed by atoms with Crippen LogP contribution in [0, 0.1) is 5.92 Å². The lowest BCUT2D eigenvalue weighted by Gasteiger charge is -2.16. The van der Waals surface area contributed by atoms with Gasteiger partial charge in [-0.1, -0.05) is 68.8 Å². The molecule has 31 heavy (non-hydrogen) atoms. The third-order valence-corrected chi connectivity index (χ3v) is 5.91. The molecular weight excluding hydrogens is 404 g/mol. The zero-order valence-electron chi connectivity index (χ0n) is 18.2. The molecule has 0 aliphatic heterocycles. The summed E-state index contributed by atoms with van der Waals surface area (Å²) < 4.78 is 2.05. The van der Waals surface area contributed by atoms with E-state index < -0.39 is 0 Å². The number of halogens is 1. The first-order valence-corrected chi connectivity index (χ1v) is 11.1. The molecule has 4 heteroatoms. The predicted octanol–water partition coefficient (Wildman–Crippen LogP) is 6.92. The number of Topliss-reactive ketones (excluding diaryl/α,β-unsaturated/α-hetero) is 1. The van der Waals surface area contributed by atoms with Crippen molar-refractivity contribution in [2.75, 3.05) is 0 Å². The van der Waals surface area contributed by atoms with Gasteiger partial charge in [-0.15, -0.1) is 0 Å². The van der Waals surface area contributed by atoms with Crippen molar-refractivity contribution in [3.05, 3.63) is 100 Å². The molecular formula is C27H27ClN2O. The van der Waals surface area contributed by atoms with Crippen molar-refractivity contribution in [3.8, 4) is 0 Å². The predicted molar refractivity (Wildman–Crippen MR) is 128 cm³/mol. The summed E-state index contributed by atoms with van der Waals surface area (Å²) in [5.41, 5.74) is 5.08. The maximum atomic E-state index is 13.0. The van der Waals surface area contributed by atoms with E-state index in [0.29, 0.717) is 16.5 Å². The maximum Gasteiger partial charge on any atom is 0.182 e. The number of nitrogens with zero attached hydrogens (tertiary/aromatic N) is 2. The first-order chi connectivity index (χ1) is 14.9. The molecule has 0 aliphatic rings. The van der Waals surface area contributed by atoms with Crippen LogP contribution in [0.4, 0.5) is 0 Å². The summed E-state index contributed by atoms with van der Waals surface area (Å²) in [6.07, 6.45) is 1.07. The van der Waals surface area contributed by atoms with E-state index in [1.807, 2.05) is 24.3 Å². The number of imidazole rings is 1. The number of rotatable bonds is 7. The lowest BCUT2D eigenvalue weighted by atomic mass is 9.96. The molecule has 0 fully saturated rings. The summed E-state index contributed by atoms with van der Waals surface area (Å²) in [6.45, 7) is 6.86. The van der Waals surface area contributed by atoms with E-state index in [0.717, 1.165) is 23.3 Å². The molecule has 158 valence electrons. The summed E-state index contributed by atoms with van der Waals surface area (Å²) in [6, 6.07) is 23.8. The Morgan fingerprint density at radius 3 is 2.29 bits per heavy atom. The Morgan fingerprint density at radius 1 is 0.935 bits per heavy atom. The molecule has 1 unspecified atom stereocenters. The second kappa shape index (κ2) is 9.07. The van der Waals surface area contributed by atoms with Crippen LogP contribution in [0.2, 0.25) is 5.02 Å². The Kier molecular flexibility index (Phi) is 6.24. The lowest BCUT2D eigenvalue weighted by molar-refractivity contribution is 0.0972. The normalized spacial score (nSPS) is 12.4. The molecule has 1 aromatic heterocycles. The number of ketones is 1. The van der Waals surface area contributed by atoms with Gasteiger partial charge in [0.15, 0.2) is 5.78 Å². The van der Waals surface area contributed by atoms with Crippen molar-refractivity contribution in [1.29, 1.82) is 0 Å². The molecule has 1 atom stereocenters. The second-order valence-electron chi connectivity index (χ2n) is 8.54. The highest BCUT2D eigenvalue weighted by Gasteiger charge is 2.20. The van der Waals surface area contributed by atoms with Crippen molar-refractivity contribution in [2.24, 2.45) is 5.92 Å². The topological polar surface area (TPSA) is 34.9 Å². The quantitative estimate of drug-likeness (QED) is 0.298. The Balaban J connectivity index is 1.69. The largest absolute Gasteiger partial charge is 0.320 e. The van der Waals surface area contributed by atoms with Gasteiger partial charge in [-0.2, -0.15) is 0 Å². The standard InChI is InChI=1S/C27H27ClN2O/c1-18(2)16-20-8-10-21(11-9-20)19(3)27-29-24-6-4-5-7-25(24)30(27)17-26(31)22-12-14-23(28)15-13-22/h4-15,18-19H,16-17H2,1-3H3. The molecule has 3 nitrogen and oxygen atoms in total. The number of fused-ring (bicyclic) bond motifs is 1. The van der Waals surface area contributed by atoms with Crippen LogP contribution in [0.1, 0.15) is 54.0 Å². The van der Waals surface area contributed by atoms with Gasteiger partial charge in [0.1, 0.15) is 5.82 Å². The van der Waals surface area contributed by atoms with Gasteiger partial charge < -0.3 is 4.57 Å². The maximum absolute atomic E-state index is 13.0. The van der Waals surface area contributed by atoms with Crippen molar-refractivity contribution >= 4 is 28.4 Å². The van der Waals surface area contributed by atoms with Gasteiger partial charge in [-0.05, 0) is 59.9 Å². The number of carbonyl (C=O) groups excluding carboxylic acids is 1. The summed E-state index contributed by atoms with van der Waals surface area (Å²) in [7, 11) is 0. The van der Waals surface area contributed by atoms with Crippen LogP contribution in [0.15, 0.2) is 72.8 Å². The number of para-hydroxylation sites is 2. The van der Waals surface area contributed by atoms with Gasteiger partial charge in [-0.25, -0.2) is 4.98 Å². The van der Waals surface area contributed by atoms with Gasteiger partial charge in [0.25, 0.3) is 0 Å². The molecule has 0 spiro atoms. The highest BCUT2D eigenvalue weighted by molar-refractivity contribution is 6.30. The molecule has 0 radical (unpaired) electrons. The lowest BCUT2D eigenvalue weighted by Crippen LogP contribution is -2.15. The molecule has 3 aromatic carbocycles. The van der Waals surface area contributed by atoms with Gasteiger partial charge in [0.05, 0.1) is 17.6 Å². The Bertz CT molecular complexity index is 1190. The molecule has 1 heterocycles. The van der Waals surface area contributed by atoms with Gasteiger partial charge >= 0.3 is 0 Å². The first-order valence-electron chi connectivity index (χ1n) is 10.7. The number of benzene rings is 3. The van der Waals surface area contributed by atoms with Gasteiger partial charge in [-0.3, -0.25) is 4.79 Å². The van der Waals surface area contributed by atoms with Crippen LogP contribution in [0.3, 0.4) is 0 Å². The van der Waals surface area contributed by atoms with E-state index in [4.69, 9.17) is 16.6 Å². The Hall–Kier alpha value is -2.91. The fourth-order valence-electron chi connectivity index (χ4n) is 4.02. The minimum absolute atomic E-state index is 0.0422. The third kappa shape index (κ3) is 4.72. The Morgan fingerprint density at radius 2 is 1.61 bits per heavy atom. The highest BCUT2D eigenvalue weighted by atomic mass is 35.5. The van der Waals surface area contributed by atoms with E-state index in [1.165, 1.54) is 11.1 Å². The molecule has 0 amide bonds. The molecule has 0 saturated heterocycles. The fraction of sp³-hybridized carbons (Fsp3) is 0.259. The van der Waals surface area contributed by atoms with Gasteiger partial charge in [0, 0.05) is 16.5 Å². The fourth-order valence-corrected chi connectivity index (χ4v) is 4.15. The summed E-state index contributed by atoms with van der Waals surface area (Å²) in [4.78, 5) is 17.9. The zero-order chi connectivity index (χ0) is 22.0. The monoisotopic (exact) mass is 430 g/mol. The van der Waals surface area contributed by atoms with Crippen LogP contribution >= 0.6 is 11.6 Å². The van der Waals surface area contributed by atoms with E-state index in [9.17, 15) is 4.79 Å². The smallest absolute Gasteiger partial charge is 0.182 e. The minimum atomic E-state index is 0.0422. The number of aromatic nitrogens is 2. The highest BCUT2D eigenvalue weighted by Crippen LogP contribution is 2.28. The first kappa shape index (κ1) is 21.3. The molecule has 0 saturated carbocycles. The average Bonchev–Trinajstić information content (AvgIpc) is 3.12. The third-order valence-electron chi connectivity index (χ3n) is 5.66. The van der Waals surface area contributed by atoms with E-state index in [1.54, 1.807) is 24.3 Å². The SMILES string of the molecule is CC(C)Cc1ccc(C(C)c2nc3ccccc3n2CC(=O)c2ccc(Cl)cc2)cc1. The van der Waals surface area contributed by atoms with Crippen molar-refractivity contribution < 1.29 is 4.79 Å². The van der Waals surface area contributed by atoms with Crippen molar-refractivity contribution in [2.45, 2.75) is 39.7 Å². The van der Waals surface area contributed by atoms with E-state index in [-0.39, 0.29) is 18.2 Å². The van der Waals surface area contributed by atoms with Crippen molar-refractivity contribution in [1.82, 2.24) is 9.55 Å². The number of carbonyl (C=O) groups is 1. The summed E-state index contributed by atoms with van der Waals surface area (Å²) in [5.74, 6) is 1.64. The second-order valence-corrected chi connectivity index (χ2v) is 8.97. The zero-order valence-corrected chi connectivity index (χ0v) is 18.9. The molecule has 0 N–H and O–H groups in total. The molecule has 0 aliphatic carbocycles. The van der Waals surface area contributed by atoms with E-state index >= 15 is 0 Å². The van der Waals surface area contributed by atoms with Crippen LogP contribution in [0.5, 0.6) is 0 Å². The number of hydrogen-bond acceptors (Lipinski definition) is 2. The Labute approximate surface area is 188 Å².